The Bertz CT molecular complexity index is 823. The van der Waals surface area contributed by atoms with Crippen molar-refractivity contribution in [2.45, 2.75) is 36.6 Å². The van der Waals surface area contributed by atoms with Gasteiger partial charge in [0.05, 0.1) is 26.8 Å². The van der Waals surface area contributed by atoms with Crippen molar-refractivity contribution in [1.82, 2.24) is 10.2 Å². The number of carbonyl (C=O) groups is 4. The number of imide groups is 2. The van der Waals surface area contributed by atoms with Crippen LogP contribution in [0.5, 0.6) is 0 Å². The number of hydrogen-bond donors (Lipinski definition) is 2. The maximum atomic E-state index is 12.9. The lowest BCUT2D eigenvalue weighted by Crippen LogP contribution is -2.54. The molecule has 1 aromatic rings. The molecule has 0 bridgehead atoms. The number of unbranched alkanes of at least 4 members (excludes halogenated alkanes) is 1. The summed E-state index contributed by atoms with van der Waals surface area (Å²) < 4.78 is 12.6. The number of rotatable bonds is 6. The lowest BCUT2D eigenvalue weighted by Gasteiger charge is -2.27. The highest BCUT2D eigenvalue weighted by molar-refractivity contribution is 7.85. The molecule has 2 aliphatic heterocycles. The first kappa shape index (κ1) is 18.4. The fourth-order valence-corrected chi connectivity index (χ4v) is 4.50. The number of carbonyl (C=O) groups excluding carboxylic acids is 4. The first-order chi connectivity index (χ1) is 12.5. The molecule has 0 saturated carbocycles. The molecule has 1 fully saturated rings. The Labute approximate surface area is 152 Å². The summed E-state index contributed by atoms with van der Waals surface area (Å²) in [6, 6.07) is 3.60. The highest BCUT2D eigenvalue weighted by Crippen LogP contribution is 2.31. The number of piperidine rings is 1. The average molecular weight is 377 g/mol. The predicted octanol–water partition coefficient (Wildman–Crippen LogP) is -0.0657. The highest BCUT2D eigenvalue weighted by Gasteiger charge is 2.45. The molecule has 9 heteroatoms. The van der Waals surface area contributed by atoms with Gasteiger partial charge in [-0.3, -0.25) is 33.6 Å². The van der Waals surface area contributed by atoms with E-state index in [4.69, 9.17) is 5.73 Å². The van der Waals surface area contributed by atoms with E-state index in [0.717, 1.165) is 11.3 Å². The number of hydrogen-bond acceptors (Lipinski definition) is 6. The zero-order chi connectivity index (χ0) is 18.8. The molecule has 2 aliphatic rings. The Balaban J connectivity index is 1.90. The number of nitrogens with two attached hydrogens (primary N) is 1. The minimum atomic E-state index is -1.45. The molecule has 0 aromatic heterocycles. The van der Waals surface area contributed by atoms with Crippen LogP contribution in [-0.2, 0) is 20.4 Å². The van der Waals surface area contributed by atoms with E-state index in [1.54, 1.807) is 12.1 Å². The Morgan fingerprint density at radius 2 is 1.92 bits per heavy atom. The van der Waals surface area contributed by atoms with Gasteiger partial charge in [0, 0.05) is 12.2 Å². The van der Waals surface area contributed by atoms with Crippen LogP contribution in [0.2, 0.25) is 0 Å². The van der Waals surface area contributed by atoms with Crippen LogP contribution in [-0.4, -0.2) is 51.1 Å². The van der Waals surface area contributed by atoms with Gasteiger partial charge in [0.25, 0.3) is 11.8 Å². The molecule has 138 valence electrons. The smallest absolute Gasteiger partial charge is 0.263 e. The van der Waals surface area contributed by atoms with Gasteiger partial charge in [0.15, 0.2) is 0 Å². The quantitative estimate of drug-likeness (QED) is 0.528. The summed E-state index contributed by atoms with van der Waals surface area (Å²) in [5, 5.41) is 2.15. The molecule has 8 nitrogen and oxygen atoms in total. The maximum absolute atomic E-state index is 12.9. The number of benzene rings is 1. The zero-order valence-corrected chi connectivity index (χ0v) is 14.8. The van der Waals surface area contributed by atoms with E-state index >= 15 is 0 Å². The molecule has 3 rings (SSSR count). The summed E-state index contributed by atoms with van der Waals surface area (Å²) >= 11 is 0. The average Bonchev–Trinajstić information content (AvgIpc) is 2.87. The van der Waals surface area contributed by atoms with Crippen molar-refractivity contribution in [2.75, 3.05) is 12.3 Å². The maximum Gasteiger partial charge on any atom is 0.263 e. The van der Waals surface area contributed by atoms with E-state index in [0.29, 0.717) is 23.6 Å². The molecular formula is C17H19N3O5S. The van der Waals surface area contributed by atoms with Gasteiger partial charge >= 0.3 is 0 Å². The van der Waals surface area contributed by atoms with Crippen LogP contribution >= 0.6 is 0 Å². The Kier molecular flexibility index (Phi) is 5.28. The van der Waals surface area contributed by atoms with Crippen LogP contribution < -0.4 is 11.1 Å². The van der Waals surface area contributed by atoms with Crippen molar-refractivity contribution in [3.63, 3.8) is 0 Å². The molecule has 0 aliphatic carbocycles. The third-order valence-corrected chi connectivity index (χ3v) is 5.95. The van der Waals surface area contributed by atoms with Gasteiger partial charge in [-0.2, -0.15) is 0 Å². The largest absolute Gasteiger partial charge is 0.330 e. The molecule has 4 amide bonds. The van der Waals surface area contributed by atoms with Gasteiger partial charge in [0.1, 0.15) is 6.04 Å². The minimum absolute atomic E-state index is 0.0572. The third-order valence-electron chi connectivity index (χ3n) is 4.46. The Morgan fingerprint density at radius 1 is 1.15 bits per heavy atom. The first-order valence-electron chi connectivity index (χ1n) is 8.38. The van der Waals surface area contributed by atoms with Crippen molar-refractivity contribution in [2.24, 2.45) is 5.73 Å². The standard InChI is InChI=1S/C17H19N3O5S/c18-8-1-2-9-26(25)12-5-3-4-10-14(12)17(24)20(16(10)23)11-6-7-13(21)19-15(11)22/h3-5,11H,1-2,6-9,18H2,(H,19,21,22). The van der Waals surface area contributed by atoms with Crippen molar-refractivity contribution >= 4 is 34.4 Å². The van der Waals surface area contributed by atoms with Crippen LogP contribution in [0, 0.1) is 0 Å². The number of nitrogens with zero attached hydrogens (tertiary/aromatic N) is 1. The Hall–Kier alpha value is -2.39. The minimum Gasteiger partial charge on any atom is -0.330 e. The van der Waals surface area contributed by atoms with Gasteiger partial charge in [0.2, 0.25) is 11.8 Å². The van der Waals surface area contributed by atoms with Crippen LogP contribution in [0.15, 0.2) is 23.1 Å². The molecule has 1 aromatic carbocycles. The SMILES string of the molecule is NCCCCS(=O)c1cccc2c1C(=O)N(C1CCC(=O)NC1=O)C2=O. The van der Waals surface area contributed by atoms with Crippen LogP contribution in [0.3, 0.4) is 0 Å². The third kappa shape index (κ3) is 3.19. The van der Waals surface area contributed by atoms with Crippen LogP contribution in [0.1, 0.15) is 46.4 Å². The molecule has 2 atom stereocenters. The van der Waals surface area contributed by atoms with Crippen molar-refractivity contribution < 1.29 is 23.4 Å². The highest BCUT2D eigenvalue weighted by atomic mass is 32.2. The van der Waals surface area contributed by atoms with E-state index in [-0.39, 0.29) is 24.0 Å². The van der Waals surface area contributed by atoms with Gasteiger partial charge in [-0.15, -0.1) is 0 Å². The van der Waals surface area contributed by atoms with E-state index in [2.05, 4.69) is 5.32 Å². The summed E-state index contributed by atoms with van der Waals surface area (Å²) in [4.78, 5) is 50.1. The van der Waals surface area contributed by atoms with E-state index < -0.39 is 40.5 Å². The summed E-state index contributed by atoms with van der Waals surface area (Å²) in [6.45, 7) is 0.491. The Morgan fingerprint density at radius 3 is 2.62 bits per heavy atom. The lowest BCUT2D eigenvalue weighted by molar-refractivity contribution is -0.136. The zero-order valence-electron chi connectivity index (χ0n) is 14.0. The predicted molar refractivity (Wildman–Crippen MR) is 92.7 cm³/mol. The lowest BCUT2D eigenvalue weighted by atomic mass is 10.0. The molecule has 0 radical (unpaired) electrons. The second-order valence-corrected chi connectivity index (χ2v) is 7.71. The van der Waals surface area contributed by atoms with E-state index in [9.17, 15) is 23.4 Å². The fourth-order valence-electron chi connectivity index (χ4n) is 3.16. The molecule has 2 unspecified atom stereocenters. The number of fused-ring (bicyclic) bond motifs is 1. The molecule has 3 N–H and O–H groups in total. The molecular weight excluding hydrogens is 358 g/mol. The summed E-state index contributed by atoms with van der Waals surface area (Å²) in [6.07, 6.45) is 1.51. The van der Waals surface area contributed by atoms with Crippen LogP contribution in [0.4, 0.5) is 0 Å². The molecule has 1 saturated heterocycles. The normalized spacial score (nSPS) is 21.0. The molecule has 26 heavy (non-hydrogen) atoms. The topological polar surface area (TPSA) is 127 Å². The number of nitrogens with one attached hydrogen (secondary N) is 1. The molecule has 0 spiro atoms. The number of amides is 4. The van der Waals surface area contributed by atoms with E-state index in [1.165, 1.54) is 6.07 Å². The van der Waals surface area contributed by atoms with Gasteiger partial charge < -0.3 is 5.73 Å². The molecule has 2 heterocycles. The second-order valence-electron chi connectivity index (χ2n) is 6.17. The summed E-state index contributed by atoms with van der Waals surface area (Å²) in [5.74, 6) is -1.98. The summed E-state index contributed by atoms with van der Waals surface area (Å²) in [5.41, 5.74) is 5.68. The monoisotopic (exact) mass is 377 g/mol. The fraction of sp³-hybridized carbons (Fsp3) is 0.412. The van der Waals surface area contributed by atoms with Gasteiger partial charge in [-0.1, -0.05) is 6.07 Å². The van der Waals surface area contributed by atoms with Crippen molar-refractivity contribution in [3.05, 3.63) is 29.3 Å². The van der Waals surface area contributed by atoms with Crippen molar-refractivity contribution in [3.8, 4) is 0 Å². The van der Waals surface area contributed by atoms with Gasteiger partial charge in [-0.25, -0.2) is 0 Å². The second kappa shape index (κ2) is 7.46. The van der Waals surface area contributed by atoms with Crippen LogP contribution in [0.25, 0.3) is 0 Å². The van der Waals surface area contributed by atoms with Crippen molar-refractivity contribution in [1.29, 1.82) is 0 Å². The summed E-state index contributed by atoms with van der Waals surface area (Å²) in [7, 11) is -1.45. The first-order valence-corrected chi connectivity index (χ1v) is 9.70. The van der Waals surface area contributed by atoms with Gasteiger partial charge in [-0.05, 0) is 37.9 Å². The van der Waals surface area contributed by atoms with E-state index in [1.807, 2.05) is 0 Å².